The van der Waals surface area contributed by atoms with Gasteiger partial charge in [-0.05, 0) is 51.0 Å². The van der Waals surface area contributed by atoms with Gasteiger partial charge in [-0.3, -0.25) is 0 Å². The molecule has 3 heterocycles. The molecule has 6 nitrogen and oxygen atoms in total. The van der Waals surface area contributed by atoms with Gasteiger partial charge >= 0.3 is 0 Å². The smallest absolute Gasteiger partial charge is 0.230 e. The topological polar surface area (TPSA) is 66.2 Å². The minimum atomic E-state index is -0.315. The van der Waals surface area contributed by atoms with E-state index < -0.39 is 0 Å². The maximum atomic E-state index is 14.3. The van der Waals surface area contributed by atoms with E-state index in [1.54, 1.807) is 6.07 Å². The lowest BCUT2D eigenvalue weighted by Gasteiger charge is -2.29. The maximum Gasteiger partial charge on any atom is 0.230 e. The van der Waals surface area contributed by atoms with Crippen LogP contribution >= 0.6 is 0 Å². The number of hydrazine groups is 1. The number of benzene rings is 1. The van der Waals surface area contributed by atoms with Gasteiger partial charge in [0.2, 0.25) is 11.7 Å². The van der Waals surface area contributed by atoms with Crippen molar-refractivity contribution in [2.24, 2.45) is 0 Å². The van der Waals surface area contributed by atoms with E-state index >= 15 is 0 Å². The molecule has 0 unspecified atom stereocenters. The van der Waals surface area contributed by atoms with Crippen molar-refractivity contribution < 1.29 is 8.91 Å². The van der Waals surface area contributed by atoms with Gasteiger partial charge in [0.15, 0.2) is 0 Å². The summed E-state index contributed by atoms with van der Waals surface area (Å²) in [6.45, 7) is 6.00. The maximum absolute atomic E-state index is 14.3. The van der Waals surface area contributed by atoms with Crippen LogP contribution in [0, 0.1) is 5.82 Å². The van der Waals surface area contributed by atoms with Crippen LogP contribution in [0.4, 0.5) is 10.1 Å². The quantitative estimate of drug-likeness (QED) is 0.898. The van der Waals surface area contributed by atoms with E-state index in [9.17, 15) is 4.39 Å². The number of fused-ring (bicyclic) bond motifs is 1. The molecular formula is C17H22FN5O. The van der Waals surface area contributed by atoms with Crippen molar-refractivity contribution in [2.45, 2.75) is 38.6 Å². The van der Waals surface area contributed by atoms with Crippen molar-refractivity contribution in [3.8, 4) is 11.4 Å². The Morgan fingerprint density at radius 3 is 2.96 bits per heavy atom. The van der Waals surface area contributed by atoms with Gasteiger partial charge in [-0.15, -0.1) is 0 Å². The molecule has 2 N–H and O–H groups in total. The molecule has 1 saturated heterocycles. The summed E-state index contributed by atoms with van der Waals surface area (Å²) in [5.74, 6) is 0.942. The molecule has 0 radical (unpaired) electrons. The Bertz CT molecular complexity index is 724. The number of anilines is 1. The number of rotatable bonds is 4. The molecule has 0 bridgehead atoms. The van der Waals surface area contributed by atoms with E-state index in [2.05, 4.69) is 32.8 Å². The van der Waals surface area contributed by atoms with Gasteiger partial charge in [-0.1, -0.05) is 12.1 Å². The Kier molecular flexibility index (Phi) is 4.20. The lowest BCUT2D eigenvalue weighted by atomic mass is 9.96. The Morgan fingerprint density at radius 1 is 1.33 bits per heavy atom. The Morgan fingerprint density at radius 2 is 2.17 bits per heavy atom. The van der Waals surface area contributed by atoms with Gasteiger partial charge in [0.1, 0.15) is 5.82 Å². The van der Waals surface area contributed by atoms with Crippen LogP contribution < -0.4 is 10.9 Å². The predicted octanol–water partition coefficient (Wildman–Crippen LogP) is 2.90. The van der Waals surface area contributed by atoms with E-state index in [1.165, 1.54) is 12.5 Å². The lowest BCUT2D eigenvalue weighted by Crippen LogP contribution is -2.33. The Hall–Kier alpha value is -1.99. The third-order valence-electron chi connectivity index (χ3n) is 4.89. The molecule has 7 heteroatoms. The molecule has 1 fully saturated rings. The summed E-state index contributed by atoms with van der Waals surface area (Å²) in [6.07, 6.45) is 3.20. The molecule has 2 aliphatic heterocycles. The highest BCUT2D eigenvalue weighted by Gasteiger charge is 2.27. The second-order valence-electron chi connectivity index (χ2n) is 6.50. The fraction of sp³-hybridized carbons (Fsp3) is 0.529. The molecule has 0 aliphatic carbocycles. The monoisotopic (exact) mass is 331 g/mol. The first-order valence-corrected chi connectivity index (χ1v) is 8.63. The Balaban J connectivity index is 1.55. The molecule has 1 aromatic carbocycles. The first-order valence-electron chi connectivity index (χ1n) is 8.63. The van der Waals surface area contributed by atoms with Crippen LogP contribution in [0.15, 0.2) is 16.7 Å². The number of halogens is 1. The number of nitrogens with zero attached hydrogens (tertiary/aromatic N) is 3. The summed E-state index contributed by atoms with van der Waals surface area (Å²) in [5.41, 5.74) is 8.17. The highest BCUT2D eigenvalue weighted by molar-refractivity contribution is 5.71. The van der Waals surface area contributed by atoms with Gasteiger partial charge in [0, 0.05) is 18.0 Å². The minimum Gasteiger partial charge on any atom is -0.339 e. The number of nitrogens with one attached hydrogen (secondary N) is 2. The largest absolute Gasteiger partial charge is 0.339 e. The molecule has 2 aliphatic rings. The first kappa shape index (κ1) is 15.5. The van der Waals surface area contributed by atoms with Crippen LogP contribution in [0.25, 0.3) is 11.4 Å². The highest BCUT2D eigenvalue weighted by atomic mass is 19.1. The van der Waals surface area contributed by atoms with Crippen molar-refractivity contribution in [3.63, 3.8) is 0 Å². The van der Waals surface area contributed by atoms with Crippen LogP contribution in [0.1, 0.15) is 43.6 Å². The van der Waals surface area contributed by atoms with Gasteiger partial charge in [-0.25, -0.2) is 9.82 Å². The number of hydrogen-bond acceptors (Lipinski definition) is 6. The van der Waals surface area contributed by atoms with Crippen LogP contribution in [0.5, 0.6) is 0 Å². The number of aromatic nitrogens is 2. The van der Waals surface area contributed by atoms with Gasteiger partial charge < -0.3 is 14.8 Å². The molecule has 1 aromatic heterocycles. The molecule has 128 valence electrons. The zero-order chi connectivity index (χ0) is 16.5. The van der Waals surface area contributed by atoms with Crippen molar-refractivity contribution in [1.29, 1.82) is 0 Å². The number of piperidine rings is 1. The van der Waals surface area contributed by atoms with Crippen molar-refractivity contribution >= 4 is 5.69 Å². The summed E-state index contributed by atoms with van der Waals surface area (Å²) in [4.78, 5) is 6.99. The summed E-state index contributed by atoms with van der Waals surface area (Å²) >= 11 is 0. The molecule has 0 spiro atoms. The summed E-state index contributed by atoms with van der Waals surface area (Å²) in [6, 6.07) is 3.16. The van der Waals surface area contributed by atoms with Gasteiger partial charge in [0.25, 0.3) is 0 Å². The fourth-order valence-corrected chi connectivity index (χ4v) is 3.61. The number of hydrogen-bond donors (Lipinski definition) is 2. The molecule has 2 aromatic rings. The first-order chi connectivity index (χ1) is 11.8. The SMILES string of the molecule is CCCN1CCC(c2nc(-c3c(F)ccc4c3CNN4)no2)CC1. The van der Waals surface area contributed by atoms with E-state index in [0.717, 1.165) is 43.7 Å². The molecule has 4 rings (SSSR count). The third kappa shape index (κ3) is 2.78. The zero-order valence-electron chi connectivity index (χ0n) is 13.8. The summed E-state index contributed by atoms with van der Waals surface area (Å²) in [5, 5.41) is 4.06. The van der Waals surface area contributed by atoms with Crippen LogP contribution in [-0.4, -0.2) is 34.7 Å². The average Bonchev–Trinajstić information content (AvgIpc) is 3.25. The van der Waals surface area contributed by atoms with E-state index in [1.807, 2.05) is 0 Å². The number of likely N-dealkylation sites (tertiary alicyclic amines) is 1. The predicted molar refractivity (Wildman–Crippen MR) is 88.9 cm³/mol. The molecule has 0 saturated carbocycles. The van der Waals surface area contributed by atoms with Crippen molar-refractivity contribution in [1.82, 2.24) is 20.5 Å². The minimum absolute atomic E-state index is 0.274. The van der Waals surface area contributed by atoms with Gasteiger partial charge in [-0.2, -0.15) is 4.98 Å². The highest BCUT2D eigenvalue weighted by Crippen LogP contribution is 2.34. The van der Waals surface area contributed by atoms with Crippen molar-refractivity contribution in [2.75, 3.05) is 25.1 Å². The summed E-state index contributed by atoms with van der Waals surface area (Å²) < 4.78 is 19.8. The van der Waals surface area contributed by atoms with Crippen LogP contribution in [0.2, 0.25) is 0 Å². The standard InChI is InChI=1S/C17H22FN5O/c1-2-7-23-8-5-11(6-9-23)17-20-16(22-24-17)15-12-10-19-21-14(12)4-3-13(15)18/h3-4,11,19,21H,2,5-10H2,1H3. The molecule has 24 heavy (non-hydrogen) atoms. The summed E-state index contributed by atoms with van der Waals surface area (Å²) in [7, 11) is 0. The van der Waals surface area contributed by atoms with Crippen LogP contribution in [-0.2, 0) is 6.54 Å². The second kappa shape index (κ2) is 6.49. The van der Waals surface area contributed by atoms with E-state index in [4.69, 9.17) is 4.52 Å². The average molecular weight is 331 g/mol. The van der Waals surface area contributed by atoms with E-state index in [-0.39, 0.29) is 11.7 Å². The normalized spacial score (nSPS) is 18.6. The molecule has 0 atom stereocenters. The zero-order valence-corrected chi connectivity index (χ0v) is 13.8. The van der Waals surface area contributed by atoms with Crippen molar-refractivity contribution in [3.05, 3.63) is 29.4 Å². The molecular weight excluding hydrogens is 309 g/mol. The fourth-order valence-electron chi connectivity index (χ4n) is 3.61. The van der Waals surface area contributed by atoms with Crippen LogP contribution in [0.3, 0.4) is 0 Å². The Labute approximate surface area is 140 Å². The van der Waals surface area contributed by atoms with Gasteiger partial charge in [0.05, 0.1) is 11.3 Å². The lowest BCUT2D eigenvalue weighted by molar-refractivity contribution is 0.194. The molecule has 0 amide bonds. The second-order valence-corrected chi connectivity index (χ2v) is 6.50. The third-order valence-corrected chi connectivity index (χ3v) is 4.89. The van der Waals surface area contributed by atoms with E-state index in [0.29, 0.717) is 23.8 Å².